The van der Waals surface area contributed by atoms with E-state index in [4.69, 9.17) is 0 Å². The van der Waals surface area contributed by atoms with E-state index in [1.54, 1.807) is 0 Å². The van der Waals surface area contributed by atoms with Crippen LogP contribution >= 0.6 is 0 Å². The predicted octanol–water partition coefficient (Wildman–Crippen LogP) is 1.57. The fraction of sp³-hybridized carbons (Fsp3) is 0.900. The average Bonchev–Trinajstić information content (AvgIpc) is 2.14. The summed E-state index contributed by atoms with van der Waals surface area (Å²) < 4.78 is 20.4. The van der Waals surface area contributed by atoms with Crippen LogP contribution in [-0.2, 0) is 10.3 Å². The number of hydrogen-bond donors (Lipinski definition) is 0. The third-order valence-corrected chi connectivity index (χ3v) is 3.02. The Hall–Kier alpha value is -0.350. The monoisotopic (exact) mass is 219 g/mol. The minimum absolute atomic E-state index is 0.554. The summed E-state index contributed by atoms with van der Waals surface area (Å²) in [5, 5.41) is 1.34. The lowest BCUT2D eigenvalue weighted by atomic mass is 10.1. The molecule has 0 aliphatic rings. The molecule has 0 rings (SSSR count). The van der Waals surface area contributed by atoms with Crippen molar-refractivity contribution in [2.75, 3.05) is 13.1 Å². The van der Waals surface area contributed by atoms with Crippen LogP contribution in [0.4, 0.5) is 0 Å². The topological polar surface area (TPSA) is 37.4 Å². The highest BCUT2D eigenvalue weighted by Crippen LogP contribution is 2.06. The Labute approximate surface area is 88.6 Å². The van der Waals surface area contributed by atoms with E-state index in [1.165, 1.54) is 5.37 Å². The van der Waals surface area contributed by atoms with Crippen LogP contribution in [0.2, 0.25) is 0 Å². The van der Waals surface area contributed by atoms with Crippen molar-refractivity contribution in [2.24, 2.45) is 0 Å². The van der Waals surface area contributed by atoms with E-state index in [9.17, 15) is 8.42 Å². The van der Waals surface area contributed by atoms with Gasteiger partial charge in [-0.25, -0.2) is 0 Å². The van der Waals surface area contributed by atoms with E-state index in [0.717, 1.165) is 25.9 Å². The highest BCUT2D eigenvalue weighted by molar-refractivity contribution is 7.71. The normalized spacial score (nSPS) is 12.9. The summed E-state index contributed by atoms with van der Waals surface area (Å²) in [7, 11) is -1.98. The Balaban J connectivity index is 3.72. The quantitative estimate of drug-likeness (QED) is 0.482. The molecule has 0 bridgehead atoms. The molecule has 3 nitrogen and oxygen atoms in total. The van der Waals surface area contributed by atoms with Crippen molar-refractivity contribution < 1.29 is 8.42 Å². The molecule has 0 saturated carbocycles. The van der Waals surface area contributed by atoms with Gasteiger partial charge in [-0.3, -0.25) is 0 Å². The molecule has 84 valence electrons. The van der Waals surface area contributed by atoms with Crippen LogP contribution in [0, 0.1) is 0 Å². The Morgan fingerprint density at radius 3 is 2.29 bits per heavy atom. The first-order valence-corrected chi connectivity index (χ1v) is 6.41. The van der Waals surface area contributed by atoms with Crippen molar-refractivity contribution in [1.29, 1.82) is 0 Å². The van der Waals surface area contributed by atoms with Crippen molar-refractivity contribution in [3.05, 3.63) is 0 Å². The summed E-state index contributed by atoms with van der Waals surface area (Å²) in [5.74, 6) is 0. The number of rotatable bonds is 7. The number of unbranched alkanes of at least 4 members (excludes halogenated alkanes) is 1. The molecule has 0 aromatic heterocycles. The Morgan fingerprint density at radius 1 is 1.29 bits per heavy atom. The van der Waals surface area contributed by atoms with Crippen molar-refractivity contribution in [3.63, 3.8) is 0 Å². The van der Waals surface area contributed by atoms with E-state index < -0.39 is 10.3 Å². The number of nitrogens with zero attached hydrogens (tertiary/aromatic N) is 1. The van der Waals surface area contributed by atoms with E-state index >= 15 is 0 Å². The molecule has 0 radical (unpaired) electrons. The molecular weight excluding hydrogens is 198 g/mol. The summed E-state index contributed by atoms with van der Waals surface area (Å²) in [4.78, 5) is 2.38. The van der Waals surface area contributed by atoms with Gasteiger partial charge in [0, 0.05) is 11.4 Å². The van der Waals surface area contributed by atoms with Gasteiger partial charge < -0.3 is 4.90 Å². The van der Waals surface area contributed by atoms with E-state index in [2.05, 4.69) is 25.7 Å². The van der Waals surface area contributed by atoms with Gasteiger partial charge in [-0.05, 0) is 39.3 Å². The lowest BCUT2D eigenvalue weighted by Crippen LogP contribution is -2.32. The maximum Gasteiger partial charge on any atom is 0.209 e. The molecule has 0 saturated heterocycles. The first-order chi connectivity index (χ1) is 6.61. The van der Waals surface area contributed by atoms with Crippen LogP contribution in [0.5, 0.6) is 0 Å². The minimum atomic E-state index is -1.98. The number of hydrogen-bond acceptors (Lipinski definition) is 3. The van der Waals surface area contributed by atoms with Crippen molar-refractivity contribution in [2.45, 2.75) is 46.1 Å². The van der Waals surface area contributed by atoms with Gasteiger partial charge in [-0.1, -0.05) is 13.8 Å². The molecule has 0 spiro atoms. The summed E-state index contributed by atoms with van der Waals surface area (Å²) in [6.07, 6.45) is 2.68. The first-order valence-electron chi connectivity index (χ1n) is 5.27. The average molecular weight is 219 g/mol. The Morgan fingerprint density at radius 2 is 1.86 bits per heavy atom. The highest BCUT2D eigenvalue weighted by atomic mass is 32.2. The van der Waals surface area contributed by atoms with Gasteiger partial charge in [0.25, 0.3) is 0 Å². The summed E-state index contributed by atoms with van der Waals surface area (Å²) in [5.41, 5.74) is 0. The summed E-state index contributed by atoms with van der Waals surface area (Å²) >= 11 is 0. The second kappa shape index (κ2) is 8.00. The molecule has 0 aromatic carbocycles. The van der Waals surface area contributed by atoms with Gasteiger partial charge in [-0.15, -0.1) is 0 Å². The molecule has 0 N–H and O–H groups in total. The van der Waals surface area contributed by atoms with Crippen LogP contribution in [0.15, 0.2) is 0 Å². The minimum Gasteiger partial charge on any atom is -0.301 e. The molecule has 0 amide bonds. The molecule has 1 unspecified atom stereocenters. The molecular formula is C10H21NO2S. The first kappa shape index (κ1) is 13.7. The lowest BCUT2D eigenvalue weighted by molar-refractivity contribution is 0.219. The molecule has 0 aromatic rings. The van der Waals surface area contributed by atoms with E-state index in [0.29, 0.717) is 12.5 Å². The van der Waals surface area contributed by atoms with Gasteiger partial charge in [0.2, 0.25) is 10.3 Å². The molecule has 0 aliphatic carbocycles. The summed E-state index contributed by atoms with van der Waals surface area (Å²) in [6, 6.07) is 0.554. The van der Waals surface area contributed by atoms with Crippen LogP contribution in [0.1, 0.15) is 40.0 Å². The van der Waals surface area contributed by atoms with Gasteiger partial charge in [0.05, 0.1) is 0 Å². The Kier molecular flexibility index (Phi) is 7.80. The van der Waals surface area contributed by atoms with Crippen LogP contribution in [-0.4, -0.2) is 37.8 Å². The molecule has 0 fully saturated rings. The zero-order valence-electron chi connectivity index (χ0n) is 9.36. The lowest BCUT2D eigenvalue weighted by Gasteiger charge is -2.25. The zero-order valence-corrected chi connectivity index (χ0v) is 10.2. The zero-order chi connectivity index (χ0) is 11.0. The second-order valence-corrected chi connectivity index (χ2v) is 4.28. The van der Waals surface area contributed by atoms with Crippen LogP contribution in [0.3, 0.4) is 0 Å². The summed E-state index contributed by atoms with van der Waals surface area (Å²) in [6.45, 7) is 8.63. The standard InChI is InChI=1S/C10H21NO2S/c1-4-11(5-2)10(3)8-6-7-9-14(12)13/h9-10H,4-8H2,1-3H3. The Bertz CT molecular complexity index is 247. The smallest absolute Gasteiger partial charge is 0.209 e. The fourth-order valence-electron chi connectivity index (χ4n) is 1.62. The maximum absolute atomic E-state index is 10.2. The molecule has 14 heavy (non-hydrogen) atoms. The van der Waals surface area contributed by atoms with E-state index in [-0.39, 0.29) is 0 Å². The maximum atomic E-state index is 10.2. The fourth-order valence-corrected chi connectivity index (χ4v) is 1.98. The molecule has 0 heterocycles. The van der Waals surface area contributed by atoms with Gasteiger partial charge in [0.15, 0.2) is 0 Å². The predicted molar refractivity (Wildman–Crippen MR) is 61.2 cm³/mol. The molecule has 4 heteroatoms. The van der Waals surface area contributed by atoms with Crippen LogP contribution < -0.4 is 0 Å². The largest absolute Gasteiger partial charge is 0.301 e. The molecule has 1 atom stereocenters. The van der Waals surface area contributed by atoms with Crippen molar-refractivity contribution in [3.8, 4) is 0 Å². The second-order valence-electron chi connectivity index (χ2n) is 3.43. The third-order valence-electron chi connectivity index (χ3n) is 2.52. The third kappa shape index (κ3) is 6.16. The van der Waals surface area contributed by atoms with Crippen molar-refractivity contribution >= 4 is 15.7 Å². The van der Waals surface area contributed by atoms with Crippen LogP contribution in [0.25, 0.3) is 0 Å². The van der Waals surface area contributed by atoms with E-state index in [1.807, 2.05) is 0 Å². The van der Waals surface area contributed by atoms with Gasteiger partial charge >= 0.3 is 0 Å². The molecule has 0 aliphatic heterocycles. The van der Waals surface area contributed by atoms with Gasteiger partial charge in [-0.2, -0.15) is 8.42 Å². The highest BCUT2D eigenvalue weighted by Gasteiger charge is 2.08. The van der Waals surface area contributed by atoms with Crippen molar-refractivity contribution in [1.82, 2.24) is 4.90 Å². The SMILES string of the molecule is CCN(CC)C(C)CCCC=S(=O)=O. The van der Waals surface area contributed by atoms with Gasteiger partial charge in [0.1, 0.15) is 0 Å².